The first-order valence-electron chi connectivity index (χ1n) is 6.75. The molecule has 6 heteroatoms. The van der Waals surface area contributed by atoms with Crippen LogP contribution in [0.2, 0.25) is 0 Å². The third-order valence-electron chi connectivity index (χ3n) is 3.28. The van der Waals surface area contributed by atoms with Crippen molar-refractivity contribution < 1.29 is 23.8 Å². The molecule has 1 aromatic rings. The average Bonchev–Trinajstić information content (AvgIpc) is 3.04. The Morgan fingerprint density at radius 1 is 1.45 bits per heavy atom. The van der Waals surface area contributed by atoms with Crippen molar-refractivity contribution in [3.63, 3.8) is 0 Å². The van der Waals surface area contributed by atoms with Crippen molar-refractivity contribution in [2.45, 2.75) is 32.3 Å². The number of rotatable bonds is 6. The lowest BCUT2D eigenvalue weighted by atomic mass is 10.2. The van der Waals surface area contributed by atoms with E-state index in [9.17, 15) is 9.59 Å². The summed E-state index contributed by atoms with van der Waals surface area (Å²) in [5, 5.41) is 8.79. The molecule has 1 aliphatic heterocycles. The third kappa shape index (κ3) is 3.84. The first-order chi connectivity index (χ1) is 9.56. The molecule has 1 fully saturated rings. The third-order valence-corrected chi connectivity index (χ3v) is 3.28. The van der Waals surface area contributed by atoms with Crippen LogP contribution in [0.1, 0.15) is 35.6 Å². The number of amides is 1. The molecule has 0 saturated carbocycles. The van der Waals surface area contributed by atoms with Crippen LogP contribution in [0.15, 0.2) is 16.5 Å². The summed E-state index contributed by atoms with van der Waals surface area (Å²) in [4.78, 5) is 24.6. The number of carbonyl (C=O) groups is 2. The first kappa shape index (κ1) is 14.6. The monoisotopic (exact) mass is 281 g/mol. The summed E-state index contributed by atoms with van der Waals surface area (Å²) in [6.07, 6.45) is 1.78. The Hall–Kier alpha value is -1.82. The molecule has 2 heterocycles. The second-order valence-corrected chi connectivity index (χ2v) is 4.94. The second-order valence-electron chi connectivity index (χ2n) is 4.94. The molecular formula is C14H19NO5. The average molecular weight is 281 g/mol. The van der Waals surface area contributed by atoms with E-state index >= 15 is 0 Å². The van der Waals surface area contributed by atoms with E-state index in [0.29, 0.717) is 18.9 Å². The molecule has 0 spiro atoms. The Morgan fingerprint density at radius 3 is 2.80 bits per heavy atom. The van der Waals surface area contributed by atoms with Crippen LogP contribution in [0.4, 0.5) is 0 Å². The summed E-state index contributed by atoms with van der Waals surface area (Å²) in [7, 11) is 0. The van der Waals surface area contributed by atoms with Gasteiger partial charge in [0.25, 0.3) is 5.91 Å². The molecular weight excluding hydrogens is 262 g/mol. The molecule has 1 unspecified atom stereocenters. The van der Waals surface area contributed by atoms with E-state index in [1.165, 1.54) is 4.90 Å². The largest absolute Gasteiger partial charge is 0.481 e. The minimum absolute atomic E-state index is 0.0104. The maximum atomic E-state index is 12.3. The zero-order chi connectivity index (χ0) is 14.5. The lowest BCUT2D eigenvalue weighted by Crippen LogP contribution is -2.38. The maximum absolute atomic E-state index is 12.3. The van der Waals surface area contributed by atoms with Crippen LogP contribution >= 0.6 is 0 Å². The molecule has 0 bridgehead atoms. The van der Waals surface area contributed by atoms with Crippen molar-refractivity contribution in [3.8, 4) is 0 Å². The van der Waals surface area contributed by atoms with Crippen molar-refractivity contribution >= 4 is 11.9 Å². The predicted octanol–water partition coefficient (Wildman–Crippen LogP) is 1.68. The predicted molar refractivity (Wildman–Crippen MR) is 70.6 cm³/mol. The van der Waals surface area contributed by atoms with Gasteiger partial charge in [-0.15, -0.1) is 0 Å². The van der Waals surface area contributed by atoms with Crippen LogP contribution in [-0.2, 0) is 9.53 Å². The molecule has 110 valence electrons. The van der Waals surface area contributed by atoms with E-state index in [2.05, 4.69) is 0 Å². The van der Waals surface area contributed by atoms with E-state index in [4.69, 9.17) is 14.3 Å². The topological polar surface area (TPSA) is 80.0 Å². The summed E-state index contributed by atoms with van der Waals surface area (Å²) in [6, 6.07) is 3.33. The molecule has 1 N–H and O–H groups in total. The Morgan fingerprint density at radius 2 is 2.25 bits per heavy atom. The zero-order valence-electron chi connectivity index (χ0n) is 11.5. The molecule has 20 heavy (non-hydrogen) atoms. The standard InChI is InChI=1S/C14H19NO5/c1-10-4-5-12(20-10)14(18)15(7-6-13(16)17)9-11-3-2-8-19-11/h4-5,11H,2-3,6-9H2,1H3,(H,16,17). The van der Waals surface area contributed by atoms with Gasteiger partial charge in [0, 0.05) is 19.7 Å². The Bertz CT molecular complexity index is 476. The van der Waals surface area contributed by atoms with E-state index in [1.807, 2.05) is 0 Å². The molecule has 0 aromatic carbocycles. The first-order valence-corrected chi connectivity index (χ1v) is 6.75. The number of aliphatic carboxylic acids is 1. The van der Waals surface area contributed by atoms with Gasteiger partial charge in [-0.1, -0.05) is 0 Å². The highest BCUT2D eigenvalue weighted by Gasteiger charge is 2.25. The Labute approximate surface area is 117 Å². The number of carboxylic acids is 1. The quantitative estimate of drug-likeness (QED) is 0.858. The van der Waals surface area contributed by atoms with Crippen molar-refractivity contribution in [1.29, 1.82) is 0 Å². The van der Waals surface area contributed by atoms with E-state index in [-0.39, 0.29) is 30.7 Å². The van der Waals surface area contributed by atoms with Crippen molar-refractivity contribution in [3.05, 3.63) is 23.7 Å². The van der Waals surface area contributed by atoms with Gasteiger partial charge in [0.1, 0.15) is 5.76 Å². The van der Waals surface area contributed by atoms with Crippen LogP contribution in [0.3, 0.4) is 0 Å². The van der Waals surface area contributed by atoms with Gasteiger partial charge < -0.3 is 19.2 Å². The van der Waals surface area contributed by atoms with Gasteiger partial charge in [0.15, 0.2) is 5.76 Å². The smallest absolute Gasteiger partial charge is 0.305 e. The molecule has 0 radical (unpaired) electrons. The minimum atomic E-state index is -0.925. The summed E-state index contributed by atoms with van der Waals surface area (Å²) in [5.41, 5.74) is 0. The number of ether oxygens (including phenoxy) is 1. The highest BCUT2D eigenvalue weighted by Crippen LogP contribution is 2.16. The molecule has 1 aromatic heterocycles. The van der Waals surface area contributed by atoms with Crippen LogP contribution in [0.5, 0.6) is 0 Å². The summed E-state index contributed by atoms with van der Waals surface area (Å²) >= 11 is 0. The summed E-state index contributed by atoms with van der Waals surface area (Å²) in [6.45, 7) is 3.03. The summed E-state index contributed by atoms with van der Waals surface area (Å²) < 4.78 is 10.8. The Balaban J connectivity index is 2.03. The van der Waals surface area contributed by atoms with Crippen molar-refractivity contribution in [1.82, 2.24) is 4.90 Å². The fraction of sp³-hybridized carbons (Fsp3) is 0.571. The van der Waals surface area contributed by atoms with Crippen molar-refractivity contribution in [2.24, 2.45) is 0 Å². The molecule has 1 aliphatic rings. The van der Waals surface area contributed by atoms with Crippen LogP contribution < -0.4 is 0 Å². The molecule has 6 nitrogen and oxygen atoms in total. The number of aryl methyl sites for hydroxylation is 1. The minimum Gasteiger partial charge on any atom is -0.481 e. The van der Waals surface area contributed by atoms with Gasteiger partial charge in [-0.2, -0.15) is 0 Å². The fourth-order valence-corrected chi connectivity index (χ4v) is 2.25. The fourth-order valence-electron chi connectivity index (χ4n) is 2.25. The van der Waals surface area contributed by atoms with Gasteiger partial charge in [0.05, 0.1) is 12.5 Å². The molecule has 1 amide bonds. The highest BCUT2D eigenvalue weighted by atomic mass is 16.5. The zero-order valence-corrected chi connectivity index (χ0v) is 11.5. The van der Waals surface area contributed by atoms with Gasteiger partial charge in [-0.3, -0.25) is 9.59 Å². The number of carbonyl (C=O) groups excluding carboxylic acids is 1. The van der Waals surface area contributed by atoms with E-state index in [0.717, 1.165) is 12.8 Å². The van der Waals surface area contributed by atoms with Gasteiger partial charge in [-0.25, -0.2) is 0 Å². The molecule has 1 saturated heterocycles. The second kappa shape index (κ2) is 6.56. The number of hydrogen-bond acceptors (Lipinski definition) is 4. The van der Waals surface area contributed by atoms with Gasteiger partial charge in [0.2, 0.25) is 0 Å². The number of carboxylic acid groups (broad SMARTS) is 1. The summed E-state index contributed by atoms with van der Waals surface area (Å²) in [5.74, 6) is -0.310. The van der Waals surface area contributed by atoms with Crippen LogP contribution in [0.25, 0.3) is 0 Å². The highest BCUT2D eigenvalue weighted by molar-refractivity contribution is 5.91. The molecule has 2 rings (SSSR count). The normalized spacial score (nSPS) is 18.1. The lowest BCUT2D eigenvalue weighted by molar-refractivity contribution is -0.137. The SMILES string of the molecule is Cc1ccc(C(=O)N(CCC(=O)O)CC2CCCO2)o1. The van der Waals surface area contributed by atoms with Crippen molar-refractivity contribution in [2.75, 3.05) is 19.7 Å². The van der Waals surface area contributed by atoms with Gasteiger partial charge >= 0.3 is 5.97 Å². The lowest BCUT2D eigenvalue weighted by Gasteiger charge is -2.24. The van der Waals surface area contributed by atoms with E-state index in [1.54, 1.807) is 19.1 Å². The number of furan rings is 1. The Kier molecular flexibility index (Phi) is 4.79. The van der Waals surface area contributed by atoms with E-state index < -0.39 is 5.97 Å². The number of hydrogen-bond donors (Lipinski definition) is 1. The van der Waals surface area contributed by atoms with Crippen LogP contribution in [0, 0.1) is 6.92 Å². The molecule has 1 atom stereocenters. The number of nitrogens with zero attached hydrogens (tertiary/aromatic N) is 1. The van der Waals surface area contributed by atoms with Gasteiger partial charge in [-0.05, 0) is 31.9 Å². The maximum Gasteiger partial charge on any atom is 0.305 e. The molecule has 0 aliphatic carbocycles. The van der Waals surface area contributed by atoms with Crippen LogP contribution in [-0.4, -0.2) is 47.7 Å².